The first-order valence-corrected chi connectivity index (χ1v) is 14.1. The molecule has 1 aliphatic carbocycles. The third kappa shape index (κ3) is 8.15. The third-order valence-corrected chi connectivity index (χ3v) is 7.57. The average molecular weight is 651 g/mol. The highest BCUT2D eigenvalue weighted by Gasteiger charge is 2.27. The molecule has 0 bridgehead atoms. The SMILES string of the molecule is Cl.Cl.Nc1nc2c(c(N3CCN(CCOCCOc4nnn[nH]4)CC3)n1)CCc1cc(OCc3ccc(Cl)cc3)ccc1-2. The molecule has 0 spiro atoms. The monoisotopic (exact) mass is 649 g/mol. The van der Waals surface area contributed by atoms with Crippen LogP contribution in [0.3, 0.4) is 0 Å². The second kappa shape index (κ2) is 15.3. The fourth-order valence-corrected chi connectivity index (χ4v) is 5.32. The molecule has 1 saturated heterocycles. The van der Waals surface area contributed by atoms with Gasteiger partial charge in [-0.05, 0) is 64.7 Å². The van der Waals surface area contributed by atoms with E-state index in [0.29, 0.717) is 38.4 Å². The van der Waals surface area contributed by atoms with E-state index in [-0.39, 0.29) is 24.8 Å². The van der Waals surface area contributed by atoms with Crippen LogP contribution in [0, 0.1) is 0 Å². The van der Waals surface area contributed by atoms with Crippen LogP contribution in [-0.4, -0.2) is 88.0 Å². The summed E-state index contributed by atoms with van der Waals surface area (Å²) < 4.78 is 17.1. The maximum atomic E-state index is 6.23. The van der Waals surface area contributed by atoms with Gasteiger partial charge in [-0.3, -0.25) is 4.90 Å². The largest absolute Gasteiger partial charge is 0.489 e. The maximum absolute atomic E-state index is 6.23. The number of halogens is 3. The molecule has 15 heteroatoms. The van der Waals surface area contributed by atoms with Crippen molar-refractivity contribution < 1.29 is 14.2 Å². The smallest absolute Gasteiger partial charge is 0.332 e. The molecule has 6 rings (SSSR count). The van der Waals surface area contributed by atoms with E-state index in [1.807, 2.05) is 30.3 Å². The number of H-pyrrole nitrogens is 1. The molecular weight excluding hydrogens is 617 g/mol. The summed E-state index contributed by atoms with van der Waals surface area (Å²) in [6.45, 7) is 6.44. The van der Waals surface area contributed by atoms with Crippen LogP contribution in [-0.2, 0) is 24.2 Å². The van der Waals surface area contributed by atoms with E-state index >= 15 is 0 Å². The number of ether oxygens (including phenoxy) is 3. The predicted molar refractivity (Wildman–Crippen MR) is 169 cm³/mol. The van der Waals surface area contributed by atoms with Gasteiger partial charge in [-0.25, -0.2) is 10.1 Å². The molecule has 3 heterocycles. The number of tetrazole rings is 1. The number of piperazine rings is 1. The minimum atomic E-state index is 0. The second-order valence-corrected chi connectivity index (χ2v) is 10.4. The number of aromatic amines is 1. The first kappa shape index (κ1) is 32.5. The molecular formula is C28H34Cl3N9O3. The number of rotatable bonds is 11. The molecule has 12 nitrogen and oxygen atoms in total. The summed E-state index contributed by atoms with van der Waals surface area (Å²) in [5.41, 5.74) is 11.7. The molecule has 43 heavy (non-hydrogen) atoms. The number of benzene rings is 2. The zero-order valence-electron chi connectivity index (χ0n) is 23.4. The van der Waals surface area contributed by atoms with Crippen LogP contribution >= 0.6 is 36.4 Å². The standard InChI is InChI=1S/C28H32ClN9O3.2ClH/c29-21-4-1-19(2-5-21)18-41-22-6-8-23-20(17-22)3-7-24-25(23)31-27(30)32-26(24)38-11-9-37(10-12-38)13-14-39-15-16-40-28-33-35-36-34-28;;/h1-2,4-6,8,17H,3,7,9-16,18H2,(H2,30,31,32)(H,33,34,35,36);2*1H. The number of nitrogen functional groups attached to an aromatic ring is 1. The highest BCUT2D eigenvalue weighted by Crippen LogP contribution is 2.38. The zero-order chi connectivity index (χ0) is 28.0. The number of nitrogens with zero attached hydrogens (tertiary/aromatic N) is 7. The van der Waals surface area contributed by atoms with Crippen molar-refractivity contribution in [1.82, 2.24) is 35.5 Å². The number of hydrogen-bond acceptors (Lipinski definition) is 11. The van der Waals surface area contributed by atoms with Gasteiger partial charge < -0.3 is 24.8 Å². The van der Waals surface area contributed by atoms with Crippen molar-refractivity contribution in [3.63, 3.8) is 0 Å². The Balaban J connectivity index is 0.00000212. The topological polar surface area (TPSA) is 140 Å². The Morgan fingerprint density at radius 3 is 2.49 bits per heavy atom. The van der Waals surface area contributed by atoms with Gasteiger partial charge in [0.1, 0.15) is 24.8 Å². The van der Waals surface area contributed by atoms with E-state index in [2.05, 4.69) is 47.5 Å². The molecule has 0 radical (unpaired) electrons. The Bertz CT molecular complexity index is 1450. The van der Waals surface area contributed by atoms with Crippen molar-refractivity contribution in [3.8, 4) is 23.0 Å². The summed E-state index contributed by atoms with van der Waals surface area (Å²) in [5.74, 6) is 2.09. The van der Waals surface area contributed by atoms with E-state index in [4.69, 9.17) is 36.5 Å². The molecule has 2 aromatic carbocycles. The fourth-order valence-electron chi connectivity index (χ4n) is 5.20. The number of anilines is 2. The molecule has 0 unspecified atom stereocenters. The highest BCUT2D eigenvalue weighted by atomic mass is 35.5. The van der Waals surface area contributed by atoms with Crippen molar-refractivity contribution >= 4 is 48.2 Å². The van der Waals surface area contributed by atoms with Crippen LogP contribution in [0.25, 0.3) is 11.3 Å². The van der Waals surface area contributed by atoms with Gasteiger partial charge in [0.05, 0.1) is 18.9 Å². The summed E-state index contributed by atoms with van der Waals surface area (Å²) in [6, 6.07) is 14.2. The van der Waals surface area contributed by atoms with Gasteiger partial charge in [0.15, 0.2) is 0 Å². The molecule has 0 amide bonds. The first-order valence-electron chi connectivity index (χ1n) is 13.7. The minimum absolute atomic E-state index is 0. The van der Waals surface area contributed by atoms with Crippen LogP contribution < -0.4 is 20.1 Å². The normalized spacial score (nSPS) is 14.2. The zero-order valence-corrected chi connectivity index (χ0v) is 25.8. The van der Waals surface area contributed by atoms with Gasteiger partial charge >= 0.3 is 6.01 Å². The number of hydrogen-bond donors (Lipinski definition) is 2. The number of nitrogens with two attached hydrogens (primary N) is 1. The van der Waals surface area contributed by atoms with Crippen LogP contribution in [0.4, 0.5) is 11.8 Å². The van der Waals surface area contributed by atoms with Gasteiger partial charge in [0, 0.05) is 48.9 Å². The Hall–Kier alpha value is -3.42. The van der Waals surface area contributed by atoms with Crippen molar-refractivity contribution in [2.45, 2.75) is 19.4 Å². The lowest BCUT2D eigenvalue weighted by atomic mass is 9.88. The van der Waals surface area contributed by atoms with Gasteiger partial charge in [0.25, 0.3) is 0 Å². The van der Waals surface area contributed by atoms with Crippen LogP contribution in [0.5, 0.6) is 11.8 Å². The average Bonchev–Trinajstić information content (AvgIpc) is 3.52. The van der Waals surface area contributed by atoms with Crippen LogP contribution in [0.15, 0.2) is 42.5 Å². The Labute approximate surface area is 267 Å². The van der Waals surface area contributed by atoms with Crippen molar-refractivity contribution in [2.24, 2.45) is 0 Å². The summed E-state index contributed by atoms with van der Waals surface area (Å²) >= 11 is 5.99. The summed E-state index contributed by atoms with van der Waals surface area (Å²) in [7, 11) is 0. The molecule has 0 saturated carbocycles. The van der Waals surface area contributed by atoms with E-state index in [0.717, 1.165) is 79.0 Å². The Morgan fingerprint density at radius 2 is 1.72 bits per heavy atom. The number of aryl methyl sites for hydroxylation is 1. The Kier molecular flexibility index (Phi) is 11.6. The van der Waals surface area contributed by atoms with Crippen molar-refractivity contribution in [3.05, 3.63) is 64.2 Å². The Morgan fingerprint density at radius 1 is 0.907 bits per heavy atom. The number of aromatic nitrogens is 6. The van der Waals surface area contributed by atoms with Crippen LogP contribution in [0.2, 0.25) is 5.02 Å². The molecule has 1 aliphatic heterocycles. The summed E-state index contributed by atoms with van der Waals surface area (Å²) in [5, 5.41) is 13.9. The molecule has 1 fully saturated rings. The quantitative estimate of drug-likeness (QED) is 0.230. The van der Waals surface area contributed by atoms with Crippen molar-refractivity contribution in [1.29, 1.82) is 0 Å². The second-order valence-electron chi connectivity index (χ2n) is 9.96. The fraction of sp³-hybridized carbons (Fsp3) is 0.393. The van der Waals surface area contributed by atoms with Gasteiger partial charge in [-0.2, -0.15) is 4.98 Å². The number of fused-ring (bicyclic) bond motifs is 3. The first-order chi connectivity index (χ1) is 20.1. The molecule has 4 aromatic rings. The predicted octanol–water partition coefficient (Wildman–Crippen LogP) is 3.63. The molecule has 2 aromatic heterocycles. The summed E-state index contributed by atoms with van der Waals surface area (Å²) in [4.78, 5) is 14.1. The summed E-state index contributed by atoms with van der Waals surface area (Å²) in [6.07, 6.45) is 1.76. The van der Waals surface area contributed by atoms with Gasteiger partial charge in [-0.15, -0.1) is 24.8 Å². The van der Waals surface area contributed by atoms with Crippen molar-refractivity contribution in [2.75, 3.05) is 63.2 Å². The minimum Gasteiger partial charge on any atom is -0.489 e. The lowest BCUT2D eigenvalue weighted by Gasteiger charge is -2.37. The maximum Gasteiger partial charge on any atom is 0.332 e. The van der Waals surface area contributed by atoms with E-state index < -0.39 is 0 Å². The van der Waals surface area contributed by atoms with E-state index in [1.54, 1.807) is 0 Å². The lowest BCUT2D eigenvalue weighted by molar-refractivity contribution is 0.0759. The molecule has 3 N–H and O–H groups in total. The van der Waals surface area contributed by atoms with E-state index in [9.17, 15) is 0 Å². The molecule has 2 aliphatic rings. The molecule has 0 atom stereocenters. The van der Waals surface area contributed by atoms with Crippen LogP contribution in [0.1, 0.15) is 16.7 Å². The highest BCUT2D eigenvalue weighted by molar-refractivity contribution is 6.30. The molecule has 230 valence electrons. The number of nitrogens with one attached hydrogen (secondary N) is 1. The van der Waals surface area contributed by atoms with Gasteiger partial charge in [-0.1, -0.05) is 28.8 Å². The van der Waals surface area contributed by atoms with E-state index in [1.165, 1.54) is 11.1 Å². The van der Waals surface area contributed by atoms with Gasteiger partial charge in [0.2, 0.25) is 5.95 Å². The lowest BCUT2D eigenvalue weighted by Crippen LogP contribution is -2.48. The third-order valence-electron chi connectivity index (χ3n) is 7.31.